The summed E-state index contributed by atoms with van der Waals surface area (Å²) in [7, 11) is 3.22. The molecule has 0 aromatic rings. The van der Waals surface area contributed by atoms with Gasteiger partial charge >= 0.3 is 12.0 Å². The molecule has 0 bridgehead atoms. The fourth-order valence-corrected chi connectivity index (χ4v) is 1.10. The maximum atomic E-state index is 11.5. The molecule has 0 spiro atoms. The highest BCUT2D eigenvalue weighted by molar-refractivity contribution is 5.79. The molecule has 5 heteroatoms. The van der Waals surface area contributed by atoms with Gasteiger partial charge in [-0.2, -0.15) is 0 Å². The predicted molar refractivity (Wildman–Crippen MR) is 53.1 cm³/mol. The topological polar surface area (TPSA) is 60.9 Å². The van der Waals surface area contributed by atoms with Crippen LogP contribution in [0.5, 0.6) is 0 Å². The van der Waals surface area contributed by atoms with Gasteiger partial charge < -0.3 is 14.9 Å². The third kappa shape index (κ3) is 4.69. The Morgan fingerprint density at radius 3 is 2.07 bits per heavy atom. The number of nitrogens with zero attached hydrogens (tertiary/aromatic N) is 2. The van der Waals surface area contributed by atoms with Gasteiger partial charge in [0.2, 0.25) is 0 Å². The van der Waals surface area contributed by atoms with Crippen LogP contribution in [0.15, 0.2) is 0 Å². The summed E-state index contributed by atoms with van der Waals surface area (Å²) in [4.78, 5) is 24.7. The first-order chi connectivity index (χ1) is 6.34. The lowest BCUT2D eigenvalue weighted by Crippen LogP contribution is -2.43. The second kappa shape index (κ2) is 5.47. The van der Waals surface area contributed by atoms with E-state index in [0.717, 1.165) is 0 Å². The van der Waals surface area contributed by atoms with Gasteiger partial charge in [0.15, 0.2) is 0 Å². The van der Waals surface area contributed by atoms with Crippen LogP contribution in [-0.4, -0.2) is 54.1 Å². The zero-order chi connectivity index (χ0) is 11.3. The number of rotatable bonds is 4. The van der Waals surface area contributed by atoms with Crippen molar-refractivity contribution >= 4 is 12.0 Å². The number of carbonyl (C=O) groups is 2. The first-order valence-corrected chi connectivity index (χ1v) is 4.52. The number of carboxylic acids is 1. The Hall–Kier alpha value is -1.26. The van der Waals surface area contributed by atoms with E-state index in [4.69, 9.17) is 5.11 Å². The highest BCUT2D eigenvalue weighted by Gasteiger charge is 2.18. The second-order valence-corrected chi connectivity index (χ2v) is 3.85. The maximum Gasteiger partial charge on any atom is 0.323 e. The molecule has 0 aromatic carbocycles. The molecule has 0 heterocycles. The Morgan fingerprint density at radius 2 is 1.79 bits per heavy atom. The predicted octanol–water partition coefficient (Wildman–Crippen LogP) is 0.711. The summed E-state index contributed by atoms with van der Waals surface area (Å²) < 4.78 is 0. The number of hydrogen-bond donors (Lipinski definition) is 1. The molecule has 0 rings (SSSR count). The normalized spacial score (nSPS) is 10.1. The molecule has 0 aromatic heterocycles. The van der Waals surface area contributed by atoms with Crippen LogP contribution in [0.25, 0.3) is 0 Å². The van der Waals surface area contributed by atoms with Gasteiger partial charge in [-0.15, -0.1) is 0 Å². The highest BCUT2D eigenvalue weighted by atomic mass is 16.4. The Morgan fingerprint density at radius 1 is 1.29 bits per heavy atom. The molecule has 0 aliphatic rings. The van der Waals surface area contributed by atoms with E-state index >= 15 is 0 Å². The molecule has 0 saturated carbocycles. The van der Waals surface area contributed by atoms with E-state index in [1.54, 1.807) is 14.1 Å². The minimum atomic E-state index is -0.985. The number of urea groups is 1. The largest absolute Gasteiger partial charge is 0.480 e. The van der Waals surface area contributed by atoms with Crippen molar-refractivity contribution in [3.8, 4) is 0 Å². The number of amides is 2. The summed E-state index contributed by atoms with van der Waals surface area (Å²) in [6.07, 6.45) is 0. The van der Waals surface area contributed by atoms with E-state index < -0.39 is 5.97 Å². The number of aliphatic carboxylic acids is 1. The molecule has 0 atom stereocenters. The third-order valence-corrected chi connectivity index (χ3v) is 1.56. The molecule has 0 aliphatic carbocycles. The van der Waals surface area contributed by atoms with E-state index in [9.17, 15) is 9.59 Å². The van der Waals surface area contributed by atoms with E-state index in [0.29, 0.717) is 6.54 Å². The van der Waals surface area contributed by atoms with Gasteiger partial charge in [-0.3, -0.25) is 4.79 Å². The second-order valence-electron chi connectivity index (χ2n) is 3.85. The van der Waals surface area contributed by atoms with Crippen molar-refractivity contribution in [2.24, 2.45) is 5.92 Å². The summed E-state index contributed by atoms with van der Waals surface area (Å²) in [5.74, 6) is -0.723. The summed E-state index contributed by atoms with van der Waals surface area (Å²) >= 11 is 0. The van der Waals surface area contributed by atoms with Crippen LogP contribution < -0.4 is 0 Å². The van der Waals surface area contributed by atoms with Crippen LogP contribution in [0.4, 0.5) is 4.79 Å². The van der Waals surface area contributed by atoms with Crippen molar-refractivity contribution in [3.05, 3.63) is 0 Å². The Balaban J connectivity index is 4.38. The lowest BCUT2D eigenvalue weighted by atomic mass is 10.2. The minimum absolute atomic E-state index is 0.241. The van der Waals surface area contributed by atoms with E-state index in [1.165, 1.54) is 9.80 Å². The molecule has 14 heavy (non-hydrogen) atoms. The molecule has 5 nitrogen and oxygen atoms in total. The quantitative estimate of drug-likeness (QED) is 0.730. The molecule has 1 N–H and O–H groups in total. The highest BCUT2D eigenvalue weighted by Crippen LogP contribution is 2.01. The van der Waals surface area contributed by atoms with Crippen LogP contribution in [0.1, 0.15) is 13.8 Å². The van der Waals surface area contributed by atoms with Crippen molar-refractivity contribution in [3.63, 3.8) is 0 Å². The molecule has 0 aliphatic heterocycles. The van der Waals surface area contributed by atoms with Crippen molar-refractivity contribution in [1.82, 2.24) is 9.80 Å². The van der Waals surface area contributed by atoms with Crippen molar-refractivity contribution in [2.75, 3.05) is 27.2 Å². The average Bonchev–Trinajstić information content (AvgIpc) is 1.99. The van der Waals surface area contributed by atoms with Crippen LogP contribution in [0.3, 0.4) is 0 Å². The van der Waals surface area contributed by atoms with Crippen molar-refractivity contribution in [1.29, 1.82) is 0 Å². The number of carboxylic acid groups (broad SMARTS) is 1. The zero-order valence-electron chi connectivity index (χ0n) is 9.15. The van der Waals surface area contributed by atoms with E-state index in [1.807, 2.05) is 13.8 Å². The van der Waals surface area contributed by atoms with Crippen LogP contribution in [0.2, 0.25) is 0 Å². The van der Waals surface area contributed by atoms with Crippen molar-refractivity contribution in [2.45, 2.75) is 13.8 Å². The molecule has 0 radical (unpaired) electrons. The monoisotopic (exact) mass is 202 g/mol. The minimum Gasteiger partial charge on any atom is -0.480 e. The Labute approximate surface area is 84.3 Å². The van der Waals surface area contributed by atoms with Gasteiger partial charge in [0.1, 0.15) is 6.54 Å². The van der Waals surface area contributed by atoms with Crippen LogP contribution >= 0.6 is 0 Å². The molecule has 82 valence electrons. The standard InChI is InChI=1S/C9H18N2O3/c1-7(2)5-11(6-8(12)13)9(14)10(3)4/h7H,5-6H2,1-4H3,(H,12,13). The molecular weight excluding hydrogens is 184 g/mol. The SMILES string of the molecule is CC(C)CN(CC(=O)O)C(=O)N(C)C. The summed E-state index contributed by atoms with van der Waals surface area (Å²) in [5.41, 5.74) is 0. The molecule has 0 unspecified atom stereocenters. The zero-order valence-corrected chi connectivity index (χ0v) is 9.15. The number of hydrogen-bond acceptors (Lipinski definition) is 2. The third-order valence-electron chi connectivity index (χ3n) is 1.56. The van der Waals surface area contributed by atoms with Gasteiger partial charge in [0, 0.05) is 20.6 Å². The molecule has 0 saturated heterocycles. The molecular formula is C9H18N2O3. The van der Waals surface area contributed by atoms with Gasteiger partial charge in [0.25, 0.3) is 0 Å². The van der Waals surface area contributed by atoms with Gasteiger partial charge in [0.05, 0.1) is 0 Å². The van der Waals surface area contributed by atoms with Crippen LogP contribution in [0, 0.1) is 5.92 Å². The lowest BCUT2D eigenvalue weighted by molar-refractivity contribution is -0.137. The fraction of sp³-hybridized carbons (Fsp3) is 0.778. The summed E-state index contributed by atoms with van der Waals surface area (Å²) in [5, 5.41) is 8.62. The van der Waals surface area contributed by atoms with E-state index in [-0.39, 0.29) is 18.5 Å². The van der Waals surface area contributed by atoms with E-state index in [2.05, 4.69) is 0 Å². The first-order valence-electron chi connectivity index (χ1n) is 4.52. The summed E-state index contributed by atoms with van der Waals surface area (Å²) in [6.45, 7) is 4.11. The molecule has 0 fully saturated rings. The maximum absolute atomic E-state index is 11.5. The smallest absolute Gasteiger partial charge is 0.323 e. The van der Waals surface area contributed by atoms with Gasteiger partial charge in [-0.1, -0.05) is 13.8 Å². The number of carbonyl (C=O) groups excluding carboxylic acids is 1. The van der Waals surface area contributed by atoms with Crippen LogP contribution in [-0.2, 0) is 4.79 Å². The lowest BCUT2D eigenvalue weighted by Gasteiger charge is -2.25. The molecule has 2 amide bonds. The Kier molecular flexibility index (Phi) is 4.97. The van der Waals surface area contributed by atoms with Crippen molar-refractivity contribution < 1.29 is 14.7 Å². The Bertz CT molecular complexity index is 214. The van der Waals surface area contributed by atoms with Gasteiger partial charge in [-0.05, 0) is 5.92 Å². The first kappa shape index (κ1) is 12.7. The van der Waals surface area contributed by atoms with Gasteiger partial charge in [-0.25, -0.2) is 4.79 Å². The average molecular weight is 202 g/mol. The summed E-state index contributed by atoms with van der Waals surface area (Å²) in [6, 6.07) is -0.263. The fourth-order valence-electron chi connectivity index (χ4n) is 1.10.